The van der Waals surface area contributed by atoms with Gasteiger partial charge in [0.25, 0.3) is 0 Å². The zero-order chi connectivity index (χ0) is 20.9. The normalized spacial score (nSPS) is 13.6. The first-order valence-corrected chi connectivity index (χ1v) is 9.43. The predicted molar refractivity (Wildman–Crippen MR) is 108 cm³/mol. The lowest BCUT2D eigenvalue weighted by molar-refractivity contribution is 0.0973. The molecule has 0 fully saturated rings. The molecule has 1 atom stereocenters. The molecule has 7 heteroatoms. The van der Waals surface area contributed by atoms with E-state index in [9.17, 15) is 24.9 Å². The standard InChI is InChI=1S/C22H15BrO6/c1-29-16-7-6-10(8-14(16)23)19(25)13-9-15(24)17-18(22(13)28)21(27)12-5-3-2-4-11(12)20(17)26/h2-9,19,24-25,28H,1H3. The lowest BCUT2D eigenvalue weighted by Gasteiger charge is -2.23. The van der Waals surface area contributed by atoms with E-state index in [2.05, 4.69) is 15.9 Å². The second-order valence-electron chi connectivity index (χ2n) is 6.58. The van der Waals surface area contributed by atoms with Gasteiger partial charge in [-0.05, 0) is 39.7 Å². The zero-order valence-corrected chi connectivity index (χ0v) is 16.7. The topological polar surface area (TPSA) is 104 Å². The number of hydrogen-bond donors (Lipinski definition) is 3. The predicted octanol–water partition coefficient (Wildman–Crippen LogP) is 3.73. The Hall–Kier alpha value is -3.16. The first kappa shape index (κ1) is 19.2. The van der Waals surface area contributed by atoms with Crippen molar-refractivity contribution in [1.82, 2.24) is 0 Å². The van der Waals surface area contributed by atoms with Gasteiger partial charge in [-0.25, -0.2) is 0 Å². The van der Waals surface area contributed by atoms with Gasteiger partial charge in [-0.2, -0.15) is 0 Å². The molecule has 0 heterocycles. The summed E-state index contributed by atoms with van der Waals surface area (Å²) in [5.41, 5.74) is 0.0279. The highest BCUT2D eigenvalue weighted by Gasteiger charge is 2.36. The van der Waals surface area contributed by atoms with Crippen LogP contribution in [0.5, 0.6) is 17.2 Å². The van der Waals surface area contributed by atoms with Crippen molar-refractivity contribution < 1.29 is 29.6 Å². The summed E-state index contributed by atoms with van der Waals surface area (Å²) in [6.07, 6.45) is -1.35. The molecule has 0 radical (unpaired) electrons. The number of phenols is 2. The molecule has 3 N–H and O–H groups in total. The van der Waals surface area contributed by atoms with Crippen molar-refractivity contribution in [2.24, 2.45) is 0 Å². The molecular formula is C22H15BrO6. The van der Waals surface area contributed by atoms with Crippen molar-refractivity contribution in [3.63, 3.8) is 0 Å². The molecule has 1 aliphatic carbocycles. The molecule has 0 amide bonds. The molecule has 146 valence electrons. The van der Waals surface area contributed by atoms with Gasteiger partial charge >= 0.3 is 0 Å². The molecule has 0 saturated carbocycles. The summed E-state index contributed by atoms with van der Waals surface area (Å²) in [4.78, 5) is 25.7. The van der Waals surface area contributed by atoms with E-state index < -0.39 is 29.2 Å². The molecular weight excluding hydrogens is 440 g/mol. The molecule has 4 rings (SSSR count). The fraction of sp³-hybridized carbons (Fsp3) is 0.0909. The summed E-state index contributed by atoms with van der Waals surface area (Å²) in [7, 11) is 1.50. The van der Waals surface area contributed by atoms with Crippen LogP contribution in [0.4, 0.5) is 0 Å². The van der Waals surface area contributed by atoms with Crippen LogP contribution in [-0.4, -0.2) is 34.0 Å². The lowest BCUT2D eigenvalue weighted by atomic mass is 9.81. The number of ether oxygens (including phenoxy) is 1. The van der Waals surface area contributed by atoms with Crippen LogP contribution in [0.25, 0.3) is 0 Å². The Bertz CT molecular complexity index is 1180. The highest BCUT2D eigenvalue weighted by Crippen LogP contribution is 2.43. The van der Waals surface area contributed by atoms with E-state index in [1.54, 1.807) is 30.3 Å². The largest absolute Gasteiger partial charge is 0.507 e. The lowest BCUT2D eigenvalue weighted by Crippen LogP contribution is -2.22. The van der Waals surface area contributed by atoms with Gasteiger partial charge in [-0.1, -0.05) is 30.3 Å². The van der Waals surface area contributed by atoms with E-state index in [1.807, 2.05) is 0 Å². The van der Waals surface area contributed by atoms with E-state index in [1.165, 1.54) is 19.2 Å². The Morgan fingerprint density at radius 2 is 1.55 bits per heavy atom. The maximum atomic E-state index is 12.9. The Labute approximate surface area is 174 Å². The summed E-state index contributed by atoms with van der Waals surface area (Å²) < 4.78 is 5.74. The number of ketones is 2. The number of hydrogen-bond acceptors (Lipinski definition) is 6. The number of fused-ring (bicyclic) bond motifs is 2. The Kier molecular flexibility index (Phi) is 4.64. The number of aliphatic hydroxyl groups is 1. The third-order valence-corrected chi connectivity index (χ3v) is 5.58. The van der Waals surface area contributed by atoms with E-state index >= 15 is 0 Å². The van der Waals surface area contributed by atoms with Gasteiger partial charge < -0.3 is 20.1 Å². The number of rotatable bonds is 3. The van der Waals surface area contributed by atoms with Gasteiger partial charge in [0, 0.05) is 16.7 Å². The molecule has 0 saturated heterocycles. The van der Waals surface area contributed by atoms with Crippen LogP contribution < -0.4 is 4.74 Å². The molecule has 0 aromatic heterocycles. The third-order valence-electron chi connectivity index (χ3n) is 4.97. The molecule has 6 nitrogen and oxygen atoms in total. The molecule has 0 spiro atoms. The summed E-state index contributed by atoms with van der Waals surface area (Å²) in [5, 5.41) is 32.1. The van der Waals surface area contributed by atoms with Gasteiger partial charge in [0.2, 0.25) is 0 Å². The maximum Gasteiger partial charge on any atom is 0.198 e. The van der Waals surface area contributed by atoms with Crippen molar-refractivity contribution in [1.29, 1.82) is 0 Å². The minimum Gasteiger partial charge on any atom is -0.507 e. The highest BCUT2D eigenvalue weighted by atomic mass is 79.9. The number of phenolic OH excluding ortho intramolecular Hbond substituents is 2. The summed E-state index contributed by atoms with van der Waals surface area (Å²) in [6, 6.07) is 12.1. The number of aromatic hydroxyl groups is 2. The van der Waals surface area contributed by atoms with Gasteiger partial charge in [-0.3, -0.25) is 9.59 Å². The van der Waals surface area contributed by atoms with Crippen LogP contribution in [0, 0.1) is 0 Å². The summed E-state index contributed by atoms with van der Waals surface area (Å²) in [6.45, 7) is 0. The van der Waals surface area contributed by atoms with Crippen LogP contribution >= 0.6 is 15.9 Å². The van der Waals surface area contributed by atoms with Crippen LogP contribution in [0.3, 0.4) is 0 Å². The second kappa shape index (κ2) is 7.02. The van der Waals surface area contributed by atoms with E-state index in [0.717, 1.165) is 6.07 Å². The summed E-state index contributed by atoms with van der Waals surface area (Å²) in [5.74, 6) is -1.61. The second-order valence-corrected chi connectivity index (χ2v) is 7.44. The fourth-order valence-corrected chi connectivity index (χ4v) is 4.08. The van der Waals surface area contributed by atoms with Crippen LogP contribution in [0.15, 0.2) is 53.0 Å². The number of halogens is 1. The molecule has 29 heavy (non-hydrogen) atoms. The van der Waals surface area contributed by atoms with Crippen molar-refractivity contribution in [3.05, 3.63) is 86.4 Å². The van der Waals surface area contributed by atoms with Crippen LogP contribution in [-0.2, 0) is 0 Å². The van der Waals surface area contributed by atoms with E-state index in [4.69, 9.17) is 4.74 Å². The van der Waals surface area contributed by atoms with Crippen LogP contribution in [0.1, 0.15) is 49.1 Å². The number of carbonyl (C=O) groups is 2. The Morgan fingerprint density at radius 1 is 0.931 bits per heavy atom. The average molecular weight is 455 g/mol. The zero-order valence-electron chi connectivity index (χ0n) is 15.1. The van der Waals surface area contributed by atoms with E-state index in [0.29, 0.717) is 15.8 Å². The first-order valence-electron chi connectivity index (χ1n) is 8.64. The smallest absolute Gasteiger partial charge is 0.198 e. The van der Waals surface area contributed by atoms with Crippen molar-refractivity contribution >= 4 is 27.5 Å². The van der Waals surface area contributed by atoms with Crippen molar-refractivity contribution in [2.75, 3.05) is 7.11 Å². The molecule has 1 aliphatic rings. The Morgan fingerprint density at radius 3 is 2.14 bits per heavy atom. The molecule has 3 aromatic rings. The summed E-state index contributed by atoms with van der Waals surface area (Å²) >= 11 is 3.33. The average Bonchev–Trinajstić information content (AvgIpc) is 2.72. The van der Waals surface area contributed by atoms with Gasteiger partial charge in [0.1, 0.15) is 23.4 Å². The van der Waals surface area contributed by atoms with Gasteiger partial charge in [0.15, 0.2) is 11.6 Å². The fourth-order valence-electron chi connectivity index (χ4n) is 3.52. The first-order chi connectivity index (χ1) is 13.8. The monoisotopic (exact) mass is 454 g/mol. The molecule has 1 unspecified atom stereocenters. The number of benzene rings is 3. The third kappa shape index (κ3) is 2.90. The number of carbonyl (C=O) groups excluding carboxylic acids is 2. The van der Waals surface area contributed by atoms with Crippen LogP contribution in [0.2, 0.25) is 0 Å². The minimum absolute atomic E-state index is 0.0844. The van der Waals surface area contributed by atoms with Gasteiger partial charge in [-0.15, -0.1) is 0 Å². The highest BCUT2D eigenvalue weighted by molar-refractivity contribution is 9.10. The molecule has 0 bridgehead atoms. The quantitative estimate of drug-likeness (QED) is 0.407. The number of aliphatic hydroxyl groups excluding tert-OH is 1. The SMILES string of the molecule is COc1ccc(C(O)c2cc(O)c3c(c2O)C(=O)c2ccccc2C3=O)cc1Br. The van der Waals surface area contributed by atoms with Gasteiger partial charge in [0.05, 0.1) is 22.7 Å². The number of methoxy groups -OCH3 is 1. The Balaban J connectivity index is 1.88. The minimum atomic E-state index is -1.35. The van der Waals surface area contributed by atoms with Crippen molar-refractivity contribution in [2.45, 2.75) is 6.10 Å². The van der Waals surface area contributed by atoms with E-state index in [-0.39, 0.29) is 27.8 Å². The molecule has 3 aromatic carbocycles. The van der Waals surface area contributed by atoms with Crippen molar-refractivity contribution in [3.8, 4) is 17.2 Å². The molecule has 0 aliphatic heterocycles. The maximum absolute atomic E-state index is 12.9.